The zero-order valence-electron chi connectivity index (χ0n) is 10.9. The Morgan fingerprint density at radius 2 is 2.26 bits per heavy atom. The lowest BCUT2D eigenvalue weighted by molar-refractivity contribution is -0.122. The minimum atomic E-state index is -0.735. The molecule has 0 atom stereocenters. The van der Waals surface area contributed by atoms with E-state index in [0.717, 1.165) is 19.3 Å². The second-order valence-electron chi connectivity index (χ2n) is 5.00. The van der Waals surface area contributed by atoms with Crippen molar-refractivity contribution in [2.75, 3.05) is 13.7 Å². The fourth-order valence-corrected chi connectivity index (χ4v) is 2.09. The molecule has 1 fully saturated rings. The Labute approximate surface area is 111 Å². The first-order chi connectivity index (χ1) is 9.02. The van der Waals surface area contributed by atoms with Crippen molar-refractivity contribution in [3.05, 3.63) is 29.6 Å². The van der Waals surface area contributed by atoms with E-state index in [0.29, 0.717) is 5.56 Å². The second kappa shape index (κ2) is 5.57. The van der Waals surface area contributed by atoms with Gasteiger partial charge in [-0.15, -0.1) is 0 Å². The maximum absolute atomic E-state index is 13.4. The molecule has 1 aromatic carbocycles. The van der Waals surface area contributed by atoms with Crippen LogP contribution in [0.25, 0.3) is 0 Å². The first kappa shape index (κ1) is 13.8. The molecule has 0 aromatic heterocycles. The summed E-state index contributed by atoms with van der Waals surface area (Å²) in [5.74, 6) is -0.539. The van der Waals surface area contributed by atoms with Gasteiger partial charge in [-0.1, -0.05) is 6.07 Å². The Bertz CT molecular complexity index is 472. The number of aliphatic hydroxyl groups is 1. The van der Waals surface area contributed by atoms with Gasteiger partial charge in [-0.3, -0.25) is 4.79 Å². The van der Waals surface area contributed by atoms with Crippen molar-refractivity contribution in [2.45, 2.75) is 31.3 Å². The highest BCUT2D eigenvalue weighted by atomic mass is 19.1. The molecule has 0 radical (unpaired) electrons. The van der Waals surface area contributed by atoms with E-state index in [2.05, 4.69) is 5.32 Å². The third kappa shape index (κ3) is 3.44. The number of methoxy groups -OCH3 is 1. The van der Waals surface area contributed by atoms with E-state index >= 15 is 0 Å². The molecule has 19 heavy (non-hydrogen) atoms. The fraction of sp³-hybridized carbons (Fsp3) is 0.500. The van der Waals surface area contributed by atoms with E-state index in [1.165, 1.54) is 19.2 Å². The molecule has 0 unspecified atom stereocenters. The molecule has 1 aliphatic rings. The van der Waals surface area contributed by atoms with Crippen LogP contribution in [0.1, 0.15) is 24.8 Å². The highest BCUT2D eigenvalue weighted by Crippen LogP contribution is 2.30. The summed E-state index contributed by atoms with van der Waals surface area (Å²) in [5, 5.41) is 12.5. The lowest BCUT2D eigenvalue weighted by Gasteiger charge is -2.36. The summed E-state index contributed by atoms with van der Waals surface area (Å²) in [6.45, 7) is 0.268. The van der Waals surface area contributed by atoms with Crippen LogP contribution < -0.4 is 10.1 Å². The van der Waals surface area contributed by atoms with Crippen molar-refractivity contribution in [3.8, 4) is 5.75 Å². The molecule has 0 saturated heterocycles. The number of nitrogens with one attached hydrogen (secondary N) is 1. The van der Waals surface area contributed by atoms with Gasteiger partial charge in [-0.25, -0.2) is 4.39 Å². The summed E-state index contributed by atoms with van der Waals surface area (Å²) in [7, 11) is 1.39. The molecule has 4 nitrogen and oxygen atoms in total. The van der Waals surface area contributed by atoms with Crippen LogP contribution >= 0.6 is 0 Å². The Morgan fingerprint density at radius 1 is 1.53 bits per heavy atom. The Hall–Kier alpha value is -1.62. The van der Waals surface area contributed by atoms with Gasteiger partial charge in [0.2, 0.25) is 5.91 Å². The van der Waals surface area contributed by atoms with Crippen molar-refractivity contribution in [1.82, 2.24) is 5.32 Å². The third-order valence-corrected chi connectivity index (χ3v) is 3.48. The van der Waals surface area contributed by atoms with Gasteiger partial charge in [0, 0.05) is 6.54 Å². The monoisotopic (exact) mass is 267 g/mol. The first-order valence-corrected chi connectivity index (χ1v) is 6.34. The maximum atomic E-state index is 13.4. The minimum absolute atomic E-state index is 0.0942. The number of carbonyl (C=O) groups is 1. The number of amides is 1. The molecule has 1 aliphatic carbocycles. The summed E-state index contributed by atoms with van der Waals surface area (Å²) in [4.78, 5) is 11.7. The highest BCUT2D eigenvalue weighted by molar-refractivity contribution is 5.78. The number of hydrogen-bond acceptors (Lipinski definition) is 3. The van der Waals surface area contributed by atoms with Crippen molar-refractivity contribution < 1.29 is 19.0 Å². The number of carbonyl (C=O) groups excluding carboxylic acids is 1. The largest absolute Gasteiger partial charge is 0.494 e. The average Bonchev–Trinajstić information content (AvgIpc) is 2.34. The van der Waals surface area contributed by atoms with Crippen molar-refractivity contribution in [1.29, 1.82) is 0 Å². The van der Waals surface area contributed by atoms with Crippen LogP contribution in [0, 0.1) is 5.82 Å². The van der Waals surface area contributed by atoms with Gasteiger partial charge in [0.05, 0.1) is 19.1 Å². The van der Waals surface area contributed by atoms with Crippen molar-refractivity contribution in [3.63, 3.8) is 0 Å². The van der Waals surface area contributed by atoms with Crippen LogP contribution in [0.4, 0.5) is 4.39 Å². The summed E-state index contributed by atoms with van der Waals surface area (Å²) >= 11 is 0. The Kier molecular flexibility index (Phi) is 4.04. The number of halogens is 1. The van der Waals surface area contributed by atoms with Gasteiger partial charge >= 0.3 is 0 Å². The number of benzene rings is 1. The number of rotatable bonds is 5. The zero-order valence-corrected chi connectivity index (χ0v) is 10.9. The summed E-state index contributed by atoms with van der Waals surface area (Å²) in [6.07, 6.45) is 2.54. The van der Waals surface area contributed by atoms with Gasteiger partial charge in [0.15, 0.2) is 11.6 Å². The lowest BCUT2D eigenvalue weighted by atomic mass is 9.80. The van der Waals surface area contributed by atoms with Crippen LogP contribution in [0.3, 0.4) is 0 Å². The van der Waals surface area contributed by atoms with E-state index in [9.17, 15) is 14.3 Å². The number of ether oxygens (including phenoxy) is 1. The Morgan fingerprint density at radius 3 is 2.79 bits per heavy atom. The van der Waals surface area contributed by atoms with Crippen molar-refractivity contribution in [2.24, 2.45) is 0 Å². The zero-order chi connectivity index (χ0) is 13.9. The molecule has 0 aliphatic heterocycles. The van der Waals surface area contributed by atoms with E-state index in [1.807, 2.05) is 0 Å². The molecule has 0 spiro atoms. The van der Waals surface area contributed by atoms with Crippen LogP contribution in [0.2, 0.25) is 0 Å². The van der Waals surface area contributed by atoms with Crippen LogP contribution in [-0.2, 0) is 11.2 Å². The highest BCUT2D eigenvalue weighted by Gasteiger charge is 2.34. The standard InChI is InChI=1S/C14H18FNO3/c1-19-12-4-3-10(7-11(12)15)8-13(17)16-9-14(18)5-2-6-14/h3-4,7,18H,2,5-6,8-9H2,1H3,(H,16,17). The SMILES string of the molecule is COc1ccc(CC(=O)NCC2(O)CCC2)cc1F. The van der Waals surface area contributed by atoms with Gasteiger partial charge in [-0.2, -0.15) is 0 Å². The average molecular weight is 267 g/mol. The molecule has 1 saturated carbocycles. The van der Waals surface area contributed by atoms with Crippen LogP contribution in [-0.4, -0.2) is 30.3 Å². The molecule has 0 heterocycles. The third-order valence-electron chi connectivity index (χ3n) is 3.48. The van der Waals surface area contributed by atoms with E-state index in [4.69, 9.17) is 4.74 Å². The lowest BCUT2D eigenvalue weighted by Crippen LogP contribution is -2.48. The molecule has 2 rings (SSSR count). The van der Waals surface area contributed by atoms with Gasteiger partial charge in [-0.05, 0) is 37.0 Å². The smallest absolute Gasteiger partial charge is 0.224 e. The first-order valence-electron chi connectivity index (χ1n) is 6.34. The summed E-state index contributed by atoms with van der Waals surface area (Å²) in [5.41, 5.74) is -0.155. The number of hydrogen-bond donors (Lipinski definition) is 2. The summed E-state index contributed by atoms with van der Waals surface area (Å²) in [6, 6.07) is 4.44. The molecule has 1 aromatic rings. The fourth-order valence-electron chi connectivity index (χ4n) is 2.09. The normalized spacial score (nSPS) is 16.6. The minimum Gasteiger partial charge on any atom is -0.494 e. The Balaban J connectivity index is 1.86. The molecule has 2 N–H and O–H groups in total. The topological polar surface area (TPSA) is 58.6 Å². The van der Waals surface area contributed by atoms with E-state index in [1.54, 1.807) is 6.07 Å². The second-order valence-corrected chi connectivity index (χ2v) is 5.00. The van der Waals surface area contributed by atoms with Crippen molar-refractivity contribution >= 4 is 5.91 Å². The van der Waals surface area contributed by atoms with E-state index < -0.39 is 11.4 Å². The molecule has 5 heteroatoms. The van der Waals surface area contributed by atoms with Gasteiger partial charge in [0.1, 0.15) is 0 Å². The summed E-state index contributed by atoms with van der Waals surface area (Å²) < 4.78 is 18.3. The molecule has 0 bridgehead atoms. The molecular weight excluding hydrogens is 249 g/mol. The molecule has 1 amide bonds. The predicted molar refractivity (Wildman–Crippen MR) is 68.5 cm³/mol. The van der Waals surface area contributed by atoms with E-state index in [-0.39, 0.29) is 24.6 Å². The molecule has 104 valence electrons. The molecular formula is C14H18FNO3. The quantitative estimate of drug-likeness (QED) is 0.848. The van der Waals surface area contributed by atoms with Gasteiger partial charge in [0.25, 0.3) is 0 Å². The van der Waals surface area contributed by atoms with Crippen LogP contribution in [0.15, 0.2) is 18.2 Å². The van der Waals surface area contributed by atoms with Crippen LogP contribution in [0.5, 0.6) is 5.75 Å². The van der Waals surface area contributed by atoms with Gasteiger partial charge < -0.3 is 15.2 Å². The maximum Gasteiger partial charge on any atom is 0.224 e. The predicted octanol–water partition coefficient (Wildman–Crippen LogP) is 1.41.